The van der Waals surface area contributed by atoms with E-state index < -0.39 is 6.10 Å². The van der Waals surface area contributed by atoms with E-state index in [4.69, 9.17) is 14.2 Å². The standard InChI is InChI=1S/C55H90O6/c1-4-7-10-13-16-19-22-24-26-27-28-29-31-33-36-39-42-45-48-54(57)60-51-52(50-59-53(56)47-44-41-38-35-32-21-18-15-12-9-6-3)61-55(58)49-46-43-40-37-34-30-25-23-20-17-14-11-8-5-2/h9,12,16,18-19,21-22,24,26-30,34-35,38,52H,4-8,10-11,13-15,17,20,23,25,31-33,36-37,39-51H2,1-3H3/b12-9-,19-16-,21-18-,24-22-,27-26-,29-28-,34-30-,38-35-. The van der Waals surface area contributed by atoms with Crippen LogP contribution in [0.25, 0.3) is 0 Å². The molecule has 0 spiro atoms. The molecule has 0 heterocycles. The molecule has 0 aromatic heterocycles. The van der Waals surface area contributed by atoms with Gasteiger partial charge in [0.25, 0.3) is 0 Å². The van der Waals surface area contributed by atoms with E-state index in [9.17, 15) is 14.4 Å². The van der Waals surface area contributed by atoms with Crippen LogP contribution in [-0.2, 0) is 28.6 Å². The topological polar surface area (TPSA) is 78.9 Å². The van der Waals surface area contributed by atoms with E-state index in [0.717, 1.165) is 103 Å². The zero-order valence-corrected chi connectivity index (χ0v) is 39.4. The molecule has 0 saturated heterocycles. The number of carbonyl (C=O) groups excluding carboxylic acids is 3. The number of esters is 3. The molecule has 6 nitrogen and oxygen atoms in total. The zero-order chi connectivity index (χ0) is 44.4. The van der Waals surface area contributed by atoms with Crippen molar-refractivity contribution in [1.29, 1.82) is 0 Å². The Labute approximate surface area is 375 Å². The maximum Gasteiger partial charge on any atom is 0.306 e. The maximum atomic E-state index is 12.8. The van der Waals surface area contributed by atoms with Gasteiger partial charge < -0.3 is 14.2 Å². The van der Waals surface area contributed by atoms with Gasteiger partial charge >= 0.3 is 17.9 Å². The van der Waals surface area contributed by atoms with Gasteiger partial charge in [-0.2, -0.15) is 0 Å². The maximum absolute atomic E-state index is 12.8. The zero-order valence-electron chi connectivity index (χ0n) is 39.4. The molecule has 0 aromatic carbocycles. The summed E-state index contributed by atoms with van der Waals surface area (Å²) in [6.07, 6.45) is 64.0. The average molecular weight is 847 g/mol. The lowest BCUT2D eigenvalue weighted by Gasteiger charge is -2.18. The van der Waals surface area contributed by atoms with Gasteiger partial charge in [-0.3, -0.25) is 14.4 Å². The van der Waals surface area contributed by atoms with E-state index >= 15 is 0 Å². The predicted molar refractivity (Wildman–Crippen MR) is 260 cm³/mol. The summed E-state index contributed by atoms with van der Waals surface area (Å²) < 4.78 is 16.7. The molecular weight excluding hydrogens is 757 g/mol. The van der Waals surface area contributed by atoms with Crippen LogP contribution in [0.15, 0.2) is 97.2 Å². The number of unbranched alkanes of at least 4 members (excludes halogenated alkanes) is 19. The summed E-state index contributed by atoms with van der Waals surface area (Å²) in [5.74, 6) is -1.01. The van der Waals surface area contributed by atoms with Crippen molar-refractivity contribution in [3.63, 3.8) is 0 Å². The second kappa shape index (κ2) is 49.0. The molecule has 0 bridgehead atoms. The Morgan fingerprint density at radius 3 is 1.28 bits per heavy atom. The Bertz CT molecular complexity index is 1250. The Morgan fingerprint density at radius 1 is 0.361 bits per heavy atom. The second-order valence-corrected chi connectivity index (χ2v) is 16.1. The predicted octanol–water partition coefficient (Wildman–Crippen LogP) is 16.2. The van der Waals surface area contributed by atoms with E-state index in [2.05, 4.69) is 118 Å². The Hall–Kier alpha value is -3.67. The van der Waals surface area contributed by atoms with Crippen molar-refractivity contribution < 1.29 is 28.6 Å². The van der Waals surface area contributed by atoms with Crippen LogP contribution in [0.3, 0.4) is 0 Å². The van der Waals surface area contributed by atoms with E-state index in [1.807, 2.05) is 0 Å². The first-order valence-corrected chi connectivity index (χ1v) is 24.8. The fourth-order valence-electron chi connectivity index (χ4n) is 6.41. The first kappa shape index (κ1) is 57.3. The van der Waals surface area contributed by atoms with Gasteiger partial charge in [0.1, 0.15) is 13.2 Å². The van der Waals surface area contributed by atoms with Gasteiger partial charge in [-0.25, -0.2) is 0 Å². The molecule has 346 valence electrons. The lowest BCUT2D eigenvalue weighted by molar-refractivity contribution is -0.167. The molecule has 0 rings (SSSR count). The molecule has 0 radical (unpaired) electrons. The fraction of sp³-hybridized carbons (Fsp3) is 0.655. The number of hydrogen-bond acceptors (Lipinski definition) is 6. The molecule has 0 aliphatic rings. The van der Waals surface area contributed by atoms with Crippen LogP contribution in [0.5, 0.6) is 0 Å². The Balaban J connectivity index is 4.50. The van der Waals surface area contributed by atoms with Crippen molar-refractivity contribution in [2.45, 2.75) is 219 Å². The highest BCUT2D eigenvalue weighted by Crippen LogP contribution is 2.12. The number of hydrogen-bond donors (Lipinski definition) is 0. The molecule has 0 aromatic rings. The van der Waals surface area contributed by atoms with Crippen molar-refractivity contribution in [3.8, 4) is 0 Å². The molecule has 0 fully saturated rings. The van der Waals surface area contributed by atoms with Gasteiger partial charge in [0.15, 0.2) is 6.10 Å². The third-order valence-corrected chi connectivity index (χ3v) is 10.1. The van der Waals surface area contributed by atoms with Crippen LogP contribution in [0.4, 0.5) is 0 Å². The molecule has 1 unspecified atom stereocenters. The molecule has 1 atom stereocenters. The smallest absolute Gasteiger partial charge is 0.306 e. The van der Waals surface area contributed by atoms with Crippen LogP contribution >= 0.6 is 0 Å². The summed E-state index contributed by atoms with van der Waals surface area (Å²) in [5.41, 5.74) is 0. The van der Waals surface area contributed by atoms with Crippen LogP contribution in [-0.4, -0.2) is 37.2 Å². The SMILES string of the molecule is CC/C=C\C/C=C\C/C=C\CCCC(=O)OCC(COC(=O)CCCCCCC\C=C/C=C\C=C/C=C\CCCCC)OC(=O)CCCCC/C=C\CCCCCCCCC. The summed E-state index contributed by atoms with van der Waals surface area (Å²) in [6.45, 7) is 6.38. The number of ether oxygens (including phenoxy) is 3. The van der Waals surface area contributed by atoms with E-state index in [0.29, 0.717) is 12.8 Å². The fourth-order valence-corrected chi connectivity index (χ4v) is 6.41. The minimum atomic E-state index is -0.815. The highest BCUT2D eigenvalue weighted by molar-refractivity contribution is 5.71. The quantitative estimate of drug-likeness (QED) is 0.0200. The van der Waals surface area contributed by atoms with Crippen molar-refractivity contribution in [1.82, 2.24) is 0 Å². The third-order valence-electron chi connectivity index (χ3n) is 10.1. The highest BCUT2D eigenvalue weighted by atomic mass is 16.6. The van der Waals surface area contributed by atoms with Gasteiger partial charge in [0.2, 0.25) is 0 Å². The summed E-state index contributed by atoms with van der Waals surface area (Å²) in [4.78, 5) is 37.8. The molecule has 0 saturated carbocycles. The monoisotopic (exact) mass is 847 g/mol. The molecule has 0 amide bonds. The normalized spacial score (nSPS) is 12.9. The van der Waals surface area contributed by atoms with Gasteiger partial charge in [-0.1, -0.05) is 195 Å². The average Bonchev–Trinajstić information content (AvgIpc) is 3.26. The molecule has 0 aliphatic heterocycles. The number of carbonyl (C=O) groups is 3. The molecule has 61 heavy (non-hydrogen) atoms. The minimum absolute atomic E-state index is 0.113. The molecular formula is C55H90O6. The van der Waals surface area contributed by atoms with Gasteiger partial charge in [0.05, 0.1) is 0 Å². The largest absolute Gasteiger partial charge is 0.462 e. The van der Waals surface area contributed by atoms with Crippen LogP contribution in [0.2, 0.25) is 0 Å². The van der Waals surface area contributed by atoms with Gasteiger partial charge in [-0.05, 0) is 96.3 Å². The third kappa shape index (κ3) is 47.2. The van der Waals surface area contributed by atoms with Crippen LogP contribution < -0.4 is 0 Å². The number of rotatable bonds is 43. The minimum Gasteiger partial charge on any atom is -0.462 e. The van der Waals surface area contributed by atoms with Crippen LogP contribution in [0, 0.1) is 0 Å². The Kier molecular flexibility index (Phi) is 46.0. The Morgan fingerprint density at radius 2 is 0.721 bits per heavy atom. The molecule has 0 N–H and O–H groups in total. The van der Waals surface area contributed by atoms with Gasteiger partial charge in [0, 0.05) is 19.3 Å². The highest BCUT2D eigenvalue weighted by Gasteiger charge is 2.19. The lowest BCUT2D eigenvalue weighted by atomic mass is 10.1. The number of allylic oxidation sites excluding steroid dienone is 16. The van der Waals surface area contributed by atoms with E-state index in [1.165, 1.54) is 64.2 Å². The first-order valence-electron chi connectivity index (χ1n) is 24.8. The summed E-state index contributed by atoms with van der Waals surface area (Å²) >= 11 is 0. The second-order valence-electron chi connectivity index (χ2n) is 16.1. The summed E-state index contributed by atoms with van der Waals surface area (Å²) in [5, 5.41) is 0. The van der Waals surface area contributed by atoms with Crippen molar-refractivity contribution in [2.24, 2.45) is 0 Å². The van der Waals surface area contributed by atoms with E-state index in [1.54, 1.807) is 0 Å². The van der Waals surface area contributed by atoms with Crippen molar-refractivity contribution in [3.05, 3.63) is 97.2 Å². The summed E-state index contributed by atoms with van der Waals surface area (Å²) in [6, 6.07) is 0. The lowest BCUT2D eigenvalue weighted by Crippen LogP contribution is -2.30. The first-order chi connectivity index (χ1) is 30.0. The van der Waals surface area contributed by atoms with Crippen LogP contribution in [0.1, 0.15) is 213 Å². The molecule has 6 heteroatoms. The van der Waals surface area contributed by atoms with E-state index in [-0.39, 0.29) is 44.0 Å². The van der Waals surface area contributed by atoms with Crippen molar-refractivity contribution >= 4 is 17.9 Å². The van der Waals surface area contributed by atoms with Crippen molar-refractivity contribution in [2.75, 3.05) is 13.2 Å². The summed E-state index contributed by atoms with van der Waals surface area (Å²) in [7, 11) is 0. The molecule has 0 aliphatic carbocycles. The van der Waals surface area contributed by atoms with Gasteiger partial charge in [-0.15, -0.1) is 0 Å².